The van der Waals surface area contributed by atoms with E-state index >= 15 is 0 Å². The van der Waals surface area contributed by atoms with E-state index in [-0.39, 0.29) is 6.61 Å². The van der Waals surface area contributed by atoms with Crippen LogP contribution in [0.2, 0.25) is 0 Å². The second kappa shape index (κ2) is 5.66. The van der Waals surface area contributed by atoms with Gasteiger partial charge in [-0.3, -0.25) is 0 Å². The van der Waals surface area contributed by atoms with Gasteiger partial charge >= 0.3 is 0 Å². The smallest absolute Gasteiger partial charge is 0.254 e. The van der Waals surface area contributed by atoms with Gasteiger partial charge in [-0.25, -0.2) is 0 Å². The van der Waals surface area contributed by atoms with Crippen LogP contribution in [0.25, 0.3) is 11.5 Å². The van der Waals surface area contributed by atoms with Crippen LogP contribution >= 0.6 is 0 Å². The van der Waals surface area contributed by atoms with Crippen LogP contribution in [-0.2, 0) is 6.61 Å². The minimum Gasteiger partial charge on any atom is -0.484 e. The molecule has 0 saturated carbocycles. The number of aromatic nitrogens is 2. The molecule has 0 bridgehead atoms. The summed E-state index contributed by atoms with van der Waals surface area (Å²) in [5, 5.41) is 8.01. The minimum absolute atomic E-state index is 0.225. The van der Waals surface area contributed by atoms with Crippen LogP contribution in [0.3, 0.4) is 0 Å². The molecule has 0 aliphatic rings. The van der Waals surface area contributed by atoms with Crippen LogP contribution in [0.15, 0.2) is 52.9 Å². The summed E-state index contributed by atoms with van der Waals surface area (Å²) in [4.78, 5) is 0. The average molecular weight is 281 g/mol. The van der Waals surface area contributed by atoms with Crippen molar-refractivity contribution in [2.75, 3.05) is 5.73 Å². The Bertz CT molecular complexity index is 718. The Labute approximate surface area is 122 Å². The van der Waals surface area contributed by atoms with E-state index in [0.29, 0.717) is 23.2 Å². The lowest BCUT2D eigenvalue weighted by atomic mass is 10.1. The van der Waals surface area contributed by atoms with Gasteiger partial charge < -0.3 is 14.9 Å². The number of rotatable bonds is 4. The second-order valence-corrected chi connectivity index (χ2v) is 4.72. The normalized spacial score (nSPS) is 10.5. The molecule has 2 aromatic carbocycles. The van der Waals surface area contributed by atoms with Crippen LogP contribution in [0.5, 0.6) is 5.75 Å². The Hall–Kier alpha value is -2.82. The van der Waals surface area contributed by atoms with Gasteiger partial charge in [-0.1, -0.05) is 17.7 Å². The summed E-state index contributed by atoms with van der Waals surface area (Å²) in [6, 6.07) is 15.1. The molecule has 0 unspecified atom stereocenters. The zero-order valence-electron chi connectivity index (χ0n) is 11.6. The first kappa shape index (κ1) is 13.2. The van der Waals surface area contributed by atoms with Gasteiger partial charge in [0.25, 0.3) is 5.89 Å². The van der Waals surface area contributed by atoms with Crippen LogP contribution in [0, 0.1) is 6.92 Å². The van der Waals surface area contributed by atoms with Crippen molar-refractivity contribution in [1.29, 1.82) is 0 Å². The molecule has 5 heteroatoms. The van der Waals surface area contributed by atoms with E-state index in [1.165, 1.54) is 5.56 Å². The lowest BCUT2D eigenvalue weighted by Crippen LogP contribution is -1.95. The van der Waals surface area contributed by atoms with Gasteiger partial charge in [0.2, 0.25) is 5.89 Å². The summed E-state index contributed by atoms with van der Waals surface area (Å²) in [6.07, 6.45) is 0. The number of benzene rings is 2. The molecule has 0 saturated heterocycles. The van der Waals surface area contributed by atoms with Crippen LogP contribution in [0.1, 0.15) is 11.5 Å². The Balaban J connectivity index is 1.67. The predicted molar refractivity (Wildman–Crippen MR) is 79.7 cm³/mol. The summed E-state index contributed by atoms with van der Waals surface area (Å²) in [6.45, 7) is 2.26. The maximum absolute atomic E-state index is 5.62. The highest BCUT2D eigenvalue weighted by Gasteiger charge is 2.08. The molecule has 0 radical (unpaired) electrons. The van der Waals surface area contributed by atoms with Crippen molar-refractivity contribution >= 4 is 5.69 Å². The number of hydrogen-bond donors (Lipinski definition) is 1. The molecule has 106 valence electrons. The van der Waals surface area contributed by atoms with Crippen molar-refractivity contribution in [1.82, 2.24) is 10.2 Å². The maximum Gasteiger partial charge on any atom is 0.254 e. The van der Waals surface area contributed by atoms with Gasteiger partial charge in [-0.2, -0.15) is 0 Å². The Kier molecular flexibility index (Phi) is 3.55. The number of nitrogen functional groups attached to an aromatic ring is 1. The molecule has 2 N–H and O–H groups in total. The third-order valence-electron chi connectivity index (χ3n) is 3.01. The van der Waals surface area contributed by atoms with Crippen molar-refractivity contribution in [2.24, 2.45) is 0 Å². The summed E-state index contributed by atoms with van der Waals surface area (Å²) < 4.78 is 11.1. The number of aryl methyl sites for hydroxylation is 1. The second-order valence-electron chi connectivity index (χ2n) is 4.72. The lowest BCUT2D eigenvalue weighted by Gasteiger charge is -2.02. The molecule has 0 amide bonds. The molecule has 3 rings (SSSR count). The third kappa shape index (κ3) is 3.20. The molecule has 0 atom stereocenters. The third-order valence-corrected chi connectivity index (χ3v) is 3.01. The van der Waals surface area contributed by atoms with E-state index in [9.17, 15) is 0 Å². The molecular formula is C16H15N3O2. The van der Waals surface area contributed by atoms with Crippen molar-refractivity contribution < 1.29 is 9.15 Å². The largest absolute Gasteiger partial charge is 0.484 e. The van der Waals surface area contributed by atoms with Gasteiger partial charge in [0.1, 0.15) is 5.75 Å². The van der Waals surface area contributed by atoms with Gasteiger partial charge in [-0.05, 0) is 43.3 Å². The quantitative estimate of drug-likeness (QED) is 0.743. The number of hydrogen-bond acceptors (Lipinski definition) is 5. The number of ether oxygens (including phenoxy) is 1. The first-order chi connectivity index (χ1) is 10.2. The monoisotopic (exact) mass is 281 g/mol. The molecule has 3 aromatic rings. The SMILES string of the molecule is Cc1ccc(-c2nnc(COc3ccc(N)cc3)o2)cc1. The summed E-state index contributed by atoms with van der Waals surface area (Å²) in [7, 11) is 0. The Morgan fingerprint density at radius 2 is 1.71 bits per heavy atom. The number of nitrogens with two attached hydrogens (primary N) is 1. The van der Waals surface area contributed by atoms with E-state index in [2.05, 4.69) is 10.2 Å². The molecule has 0 spiro atoms. The van der Waals surface area contributed by atoms with Crippen molar-refractivity contribution in [3.63, 3.8) is 0 Å². The standard InChI is InChI=1S/C16H15N3O2/c1-11-2-4-12(5-3-11)16-19-18-15(21-16)10-20-14-8-6-13(17)7-9-14/h2-9H,10,17H2,1H3. The molecule has 5 nitrogen and oxygen atoms in total. The van der Waals surface area contributed by atoms with E-state index in [1.54, 1.807) is 24.3 Å². The zero-order valence-corrected chi connectivity index (χ0v) is 11.6. The van der Waals surface area contributed by atoms with Gasteiger partial charge in [0, 0.05) is 11.3 Å². The fourth-order valence-electron chi connectivity index (χ4n) is 1.83. The fourth-order valence-corrected chi connectivity index (χ4v) is 1.83. The molecule has 0 fully saturated rings. The molecule has 1 heterocycles. The summed E-state index contributed by atoms with van der Waals surface area (Å²) in [5.74, 6) is 1.63. The van der Waals surface area contributed by atoms with E-state index in [4.69, 9.17) is 14.9 Å². The zero-order chi connectivity index (χ0) is 14.7. The Morgan fingerprint density at radius 3 is 2.43 bits per heavy atom. The minimum atomic E-state index is 0.225. The summed E-state index contributed by atoms with van der Waals surface area (Å²) >= 11 is 0. The summed E-state index contributed by atoms with van der Waals surface area (Å²) in [5.41, 5.74) is 8.39. The lowest BCUT2D eigenvalue weighted by molar-refractivity contribution is 0.264. The van der Waals surface area contributed by atoms with Crippen molar-refractivity contribution in [2.45, 2.75) is 13.5 Å². The van der Waals surface area contributed by atoms with Crippen molar-refractivity contribution in [3.05, 3.63) is 60.0 Å². The van der Waals surface area contributed by atoms with Crippen molar-refractivity contribution in [3.8, 4) is 17.2 Å². The molecule has 0 aliphatic carbocycles. The number of nitrogens with zero attached hydrogens (tertiary/aromatic N) is 2. The molecule has 0 aliphatic heterocycles. The molecule has 1 aromatic heterocycles. The van der Waals surface area contributed by atoms with Gasteiger partial charge in [0.05, 0.1) is 0 Å². The van der Waals surface area contributed by atoms with E-state index in [0.717, 1.165) is 5.56 Å². The highest BCUT2D eigenvalue weighted by molar-refractivity contribution is 5.52. The first-order valence-corrected chi connectivity index (χ1v) is 6.58. The molecular weight excluding hydrogens is 266 g/mol. The number of anilines is 1. The van der Waals surface area contributed by atoms with E-state index < -0.39 is 0 Å². The van der Waals surface area contributed by atoms with Gasteiger partial charge in [-0.15, -0.1) is 10.2 Å². The van der Waals surface area contributed by atoms with Crippen LogP contribution in [-0.4, -0.2) is 10.2 Å². The average Bonchev–Trinajstić information content (AvgIpc) is 2.96. The molecule has 21 heavy (non-hydrogen) atoms. The maximum atomic E-state index is 5.62. The Morgan fingerprint density at radius 1 is 1.00 bits per heavy atom. The van der Waals surface area contributed by atoms with Crippen LogP contribution in [0.4, 0.5) is 5.69 Å². The van der Waals surface area contributed by atoms with Crippen LogP contribution < -0.4 is 10.5 Å². The first-order valence-electron chi connectivity index (χ1n) is 6.58. The van der Waals surface area contributed by atoms with Gasteiger partial charge in [0.15, 0.2) is 6.61 Å². The highest BCUT2D eigenvalue weighted by Crippen LogP contribution is 2.19. The predicted octanol–water partition coefficient (Wildman–Crippen LogP) is 3.21. The highest BCUT2D eigenvalue weighted by atomic mass is 16.5. The fraction of sp³-hybridized carbons (Fsp3) is 0.125. The van der Waals surface area contributed by atoms with E-state index in [1.807, 2.05) is 31.2 Å². The topological polar surface area (TPSA) is 74.2 Å².